The van der Waals surface area contributed by atoms with Crippen molar-refractivity contribution in [1.82, 2.24) is 0 Å². The maximum atomic E-state index is 9.88. The van der Waals surface area contributed by atoms with Gasteiger partial charge in [0.25, 0.3) is 0 Å². The van der Waals surface area contributed by atoms with Crippen molar-refractivity contribution in [3.8, 4) is 0 Å². The molecule has 0 heterocycles. The Morgan fingerprint density at radius 3 is 2.44 bits per heavy atom. The van der Waals surface area contributed by atoms with E-state index in [1.807, 2.05) is 0 Å². The van der Waals surface area contributed by atoms with Gasteiger partial charge in [-0.3, -0.25) is 0 Å². The van der Waals surface area contributed by atoms with Gasteiger partial charge in [0.15, 0.2) is 6.10 Å². The molecule has 2 atom stereocenters. The third-order valence-corrected chi connectivity index (χ3v) is 1.44. The minimum atomic E-state index is -2.65. The summed E-state index contributed by atoms with van der Waals surface area (Å²) in [5.74, 6) is 0.0120. The molecule has 2 unspecified atom stereocenters. The van der Waals surface area contributed by atoms with E-state index in [9.17, 15) is 4.57 Å². The van der Waals surface area contributed by atoms with E-state index in [4.69, 9.17) is 21.6 Å². The van der Waals surface area contributed by atoms with Crippen LogP contribution in [-0.2, 0) is 9.09 Å². The highest BCUT2D eigenvalue weighted by molar-refractivity contribution is 7.32. The van der Waals surface area contributed by atoms with Gasteiger partial charge in [0.1, 0.15) is 0 Å². The molecule has 0 saturated carbocycles. The summed E-state index contributed by atoms with van der Waals surface area (Å²) in [6.45, 7) is -0.342. The second-order valence-corrected chi connectivity index (χ2v) is 2.30. The molecule has 0 rings (SSSR count). The molecule has 0 aromatic rings. The van der Waals surface area contributed by atoms with Crippen molar-refractivity contribution in [2.45, 2.75) is 6.10 Å². The summed E-state index contributed by atoms with van der Waals surface area (Å²) < 4.78 is 14.1. The van der Waals surface area contributed by atoms with Crippen LogP contribution in [0.25, 0.3) is 0 Å². The normalized spacial score (nSPS) is 15.2. The Hall–Kier alpha value is 0.270. The van der Waals surface area contributed by atoms with Gasteiger partial charge in [0.05, 0.1) is 12.5 Å². The SMILES string of the molecule is O=[P+](O)OC(CO)CCl. The van der Waals surface area contributed by atoms with Crippen LogP contribution >= 0.6 is 19.9 Å². The van der Waals surface area contributed by atoms with Gasteiger partial charge in [-0.05, 0) is 0 Å². The van der Waals surface area contributed by atoms with Gasteiger partial charge in [-0.1, -0.05) is 0 Å². The zero-order valence-electron chi connectivity index (χ0n) is 4.53. The predicted molar refractivity (Wildman–Crippen MR) is 32.5 cm³/mol. The van der Waals surface area contributed by atoms with Crippen LogP contribution < -0.4 is 0 Å². The van der Waals surface area contributed by atoms with Crippen LogP contribution in [0, 0.1) is 0 Å². The molecule has 0 saturated heterocycles. The third-order valence-electron chi connectivity index (χ3n) is 0.615. The van der Waals surface area contributed by atoms with Crippen molar-refractivity contribution in [2.75, 3.05) is 12.5 Å². The molecular formula is C3H7ClO4P+. The molecule has 2 N–H and O–H groups in total. The number of hydrogen-bond acceptors (Lipinski definition) is 3. The fourth-order valence-corrected chi connectivity index (χ4v) is 0.883. The monoisotopic (exact) mass is 173 g/mol. The van der Waals surface area contributed by atoms with Gasteiger partial charge in [-0.2, -0.15) is 0 Å². The summed E-state index contributed by atoms with van der Waals surface area (Å²) in [6, 6.07) is 0. The molecule has 0 aliphatic rings. The first-order valence-corrected chi connectivity index (χ1v) is 3.87. The number of halogens is 1. The Bertz CT molecular complexity index is 93.8. The number of hydrogen-bond donors (Lipinski definition) is 2. The lowest BCUT2D eigenvalue weighted by Gasteiger charge is -1.97. The van der Waals surface area contributed by atoms with Crippen molar-refractivity contribution in [3.05, 3.63) is 0 Å². The zero-order chi connectivity index (χ0) is 7.28. The molecule has 6 heteroatoms. The van der Waals surface area contributed by atoms with Crippen LogP contribution in [0.15, 0.2) is 0 Å². The topological polar surface area (TPSA) is 66.8 Å². The standard InChI is InChI=1S/C3H6ClO4P/c4-1-3(2-5)8-9(6)7/h3,5H,1-2H2/p+1. The van der Waals surface area contributed by atoms with Gasteiger partial charge in [-0.25, -0.2) is 0 Å². The Kier molecular flexibility index (Phi) is 5.24. The number of aliphatic hydroxyl groups is 1. The fourth-order valence-electron chi connectivity index (χ4n) is 0.238. The van der Waals surface area contributed by atoms with Gasteiger partial charge in [0, 0.05) is 4.57 Å². The first-order chi connectivity index (χ1) is 4.20. The highest BCUT2D eigenvalue weighted by Gasteiger charge is 2.20. The van der Waals surface area contributed by atoms with E-state index >= 15 is 0 Å². The zero-order valence-corrected chi connectivity index (χ0v) is 6.18. The van der Waals surface area contributed by atoms with Gasteiger partial charge in [-0.15, -0.1) is 21.0 Å². The van der Waals surface area contributed by atoms with E-state index < -0.39 is 14.4 Å². The van der Waals surface area contributed by atoms with Crippen molar-refractivity contribution >= 4 is 19.9 Å². The lowest BCUT2D eigenvalue weighted by Crippen LogP contribution is -2.15. The molecule has 0 bridgehead atoms. The van der Waals surface area contributed by atoms with Crippen LogP contribution in [0.1, 0.15) is 0 Å². The van der Waals surface area contributed by atoms with Gasteiger partial charge >= 0.3 is 8.25 Å². The van der Waals surface area contributed by atoms with E-state index in [-0.39, 0.29) is 12.5 Å². The molecular weight excluding hydrogens is 166 g/mol. The van der Waals surface area contributed by atoms with Gasteiger partial charge < -0.3 is 5.11 Å². The van der Waals surface area contributed by atoms with Crippen molar-refractivity contribution in [1.29, 1.82) is 0 Å². The molecule has 0 spiro atoms. The summed E-state index contributed by atoms with van der Waals surface area (Å²) in [6.07, 6.45) is -0.736. The third kappa shape index (κ3) is 4.75. The van der Waals surface area contributed by atoms with E-state index in [0.29, 0.717) is 0 Å². The van der Waals surface area contributed by atoms with E-state index in [1.165, 1.54) is 0 Å². The first-order valence-electron chi connectivity index (χ1n) is 2.20. The number of rotatable bonds is 4. The van der Waals surface area contributed by atoms with Crippen molar-refractivity contribution in [3.63, 3.8) is 0 Å². The maximum absolute atomic E-state index is 9.88. The number of alkyl halides is 1. The number of aliphatic hydroxyl groups excluding tert-OH is 1. The molecule has 0 aliphatic heterocycles. The highest BCUT2D eigenvalue weighted by Crippen LogP contribution is 2.18. The predicted octanol–water partition coefficient (Wildman–Crippen LogP) is 0.252. The van der Waals surface area contributed by atoms with Crippen LogP contribution in [0.4, 0.5) is 0 Å². The average molecular weight is 174 g/mol. The van der Waals surface area contributed by atoms with Crippen LogP contribution in [0.5, 0.6) is 0 Å². The Balaban J connectivity index is 3.43. The minimum absolute atomic E-state index is 0.0120. The highest BCUT2D eigenvalue weighted by atomic mass is 35.5. The summed E-state index contributed by atoms with van der Waals surface area (Å²) >= 11 is 5.19. The minimum Gasteiger partial charge on any atom is -0.393 e. The molecule has 0 fully saturated rings. The first kappa shape index (κ1) is 9.27. The molecule has 4 nitrogen and oxygen atoms in total. The molecule has 9 heavy (non-hydrogen) atoms. The Labute approximate surface area is 58.4 Å². The summed E-state index contributed by atoms with van der Waals surface area (Å²) in [5, 5.41) is 8.33. The molecule has 0 amide bonds. The molecule has 0 aliphatic carbocycles. The Morgan fingerprint density at radius 1 is 1.78 bits per heavy atom. The summed E-state index contributed by atoms with van der Waals surface area (Å²) in [4.78, 5) is 8.10. The van der Waals surface area contributed by atoms with Crippen LogP contribution in [-0.4, -0.2) is 28.6 Å². The van der Waals surface area contributed by atoms with Crippen molar-refractivity contribution < 1.29 is 19.1 Å². The molecule has 54 valence electrons. The van der Waals surface area contributed by atoms with E-state index in [2.05, 4.69) is 4.52 Å². The smallest absolute Gasteiger partial charge is 0.393 e. The van der Waals surface area contributed by atoms with Crippen molar-refractivity contribution in [2.24, 2.45) is 0 Å². The summed E-state index contributed by atoms with van der Waals surface area (Å²) in [5.41, 5.74) is 0. The second-order valence-electron chi connectivity index (χ2n) is 1.30. The molecule has 0 aromatic carbocycles. The maximum Gasteiger partial charge on any atom is 0.695 e. The quantitative estimate of drug-likeness (QED) is 0.473. The lowest BCUT2D eigenvalue weighted by atomic mass is 10.4. The lowest BCUT2D eigenvalue weighted by molar-refractivity contribution is 0.127. The van der Waals surface area contributed by atoms with E-state index in [0.717, 1.165) is 0 Å². The van der Waals surface area contributed by atoms with Crippen LogP contribution in [0.2, 0.25) is 0 Å². The van der Waals surface area contributed by atoms with E-state index in [1.54, 1.807) is 0 Å². The average Bonchev–Trinajstić information content (AvgIpc) is 1.82. The van der Waals surface area contributed by atoms with Gasteiger partial charge in [0.2, 0.25) is 0 Å². The van der Waals surface area contributed by atoms with Crippen LogP contribution in [0.3, 0.4) is 0 Å². The summed E-state index contributed by atoms with van der Waals surface area (Å²) in [7, 11) is -2.65. The Morgan fingerprint density at radius 2 is 2.33 bits per heavy atom. The second kappa shape index (κ2) is 5.09. The molecule has 0 radical (unpaired) electrons. The largest absolute Gasteiger partial charge is 0.695 e. The molecule has 0 aromatic heterocycles. The fraction of sp³-hybridized carbons (Fsp3) is 1.00.